The maximum Gasteiger partial charge on any atom is 0.195 e. The highest BCUT2D eigenvalue weighted by Crippen LogP contribution is 2.15. The van der Waals surface area contributed by atoms with E-state index in [4.69, 9.17) is 23.1 Å². The predicted molar refractivity (Wildman–Crippen MR) is 114 cm³/mol. The standard InChI is InChI=1S/C17H28ClN5.2ClH/c1-2-3-4-5-6-9-12-21-16(19)23-17(20)22-13-14-10-7-8-11-15(14)18;;/h7-8,10-11H,2-6,9,12-13H2,1H3,(H5,19,20,21,22,23);2*1H. The van der Waals surface area contributed by atoms with Gasteiger partial charge in [-0.25, -0.2) is 4.99 Å². The first kappa shape index (κ1) is 26.1. The van der Waals surface area contributed by atoms with Gasteiger partial charge in [-0.05, 0) is 18.1 Å². The third kappa shape index (κ3) is 12.8. The molecule has 0 aliphatic heterocycles. The van der Waals surface area contributed by atoms with E-state index in [0.29, 0.717) is 24.1 Å². The topological polar surface area (TPSA) is 88.8 Å². The summed E-state index contributed by atoms with van der Waals surface area (Å²) in [6, 6.07) is 7.53. The van der Waals surface area contributed by atoms with E-state index >= 15 is 0 Å². The number of guanidine groups is 2. The molecule has 0 aliphatic rings. The van der Waals surface area contributed by atoms with Crippen LogP contribution in [0.4, 0.5) is 0 Å². The lowest BCUT2D eigenvalue weighted by Crippen LogP contribution is -2.41. The highest BCUT2D eigenvalue weighted by molar-refractivity contribution is 6.31. The van der Waals surface area contributed by atoms with Crippen LogP contribution in [0.3, 0.4) is 0 Å². The lowest BCUT2D eigenvalue weighted by Gasteiger charge is -2.06. The first-order chi connectivity index (χ1) is 11.1. The molecule has 0 heterocycles. The predicted octanol–water partition coefficient (Wildman–Crippen LogP) is 4.26. The molecule has 0 atom stereocenters. The molecule has 1 rings (SSSR count). The maximum absolute atomic E-state index is 6.06. The Hall–Kier alpha value is -1.17. The number of nitrogens with one attached hydrogen (secondary N) is 1. The largest absolute Gasteiger partial charge is 0.370 e. The number of aliphatic imine (C=N–C) groups is 2. The summed E-state index contributed by atoms with van der Waals surface area (Å²) < 4.78 is 0. The third-order valence-corrected chi connectivity index (χ3v) is 3.80. The Labute approximate surface area is 168 Å². The molecular weight excluding hydrogens is 381 g/mol. The molecule has 8 heteroatoms. The van der Waals surface area contributed by atoms with Crippen molar-refractivity contribution in [1.82, 2.24) is 5.32 Å². The maximum atomic E-state index is 6.06. The van der Waals surface area contributed by atoms with Gasteiger partial charge >= 0.3 is 0 Å². The second kappa shape index (κ2) is 16.3. The lowest BCUT2D eigenvalue weighted by atomic mass is 10.1. The van der Waals surface area contributed by atoms with Crippen molar-refractivity contribution in [3.05, 3.63) is 34.9 Å². The first-order valence-electron chi connectivity index (χ1n) is 8.23. The van der Waals surface area contributed by atoms with Gasteiger partial charge in [-0.15, -0.1) is 24.8 Å². The summed E-state index contributed by atoms with van der Waals surface area (Å²) >= 11 is 6.06. The highest BCUT2D eigenvalue weighted by Gasteiger charge is 1.99. The minimum absolute atomic E-state index is 0. The van der Waals surface area contributed by atoms with Gasteiger partial charge in [0, 0.05) is 11.6 Å². The highest BCUT2D eigenvalue weighted by atomic mass is 35.5. The second-order valence-corrected chi connectivity index (χ2v) is 5.86. The summed E-state index contributed by atoms with van der Waals surface area (Å²) in [5, 5.41) is 3.47. The van der Waals surface area contributed by atoms with Crippen LogP contribution in [0.1, 0.15) is 51.0 Å². The number of nitrogens with two attached hydrogens (primary N) is 2. The van der Waals surface area contributed by atoms with Crippen molar-refractivity contribution in [2.45, 2.75) is 52.0 Å². The molecule has 0 amide bonds. The lowest BCUT2D eigenvalue weighted by molar-refractivity contribution is 0.612. The number of hydrogen-bond donors (Lipinski definition) is 3. The second-order valence-electron chi connectivity index (χ2n) is 5.45. The molecule has 0 fully saturated rings. The number of rotatable bonds is 9. The molecule has 144 valence electrons. The zero-order chi connectivity index (χ0) is 16.9. The van der Waals surface area contributed by atoms with Gasteiger partial charge in [-0.2, -0.15) is 0 Å². The molecule has 0 bridgehead atoms. The SMILES string of the molecule is CCCCCCCCN=C(N)NC(N)=NCc1ccccc1Cl.Cl.Cl. The van der Waals surface area contributed by atoms with E-state index < -0.39 is 0 Å². The Morgan fingerprint density at radius 2 is 1.56 bits per heavy atom. The molecule has 1 aromatic rings. The molecule has 0 aliphatic carbocycles. The van der Waals surface area contributed by atoms with Crippen LogP contribution in [-0.2, 0) is 6.54 Å². The Bertz CT molecular complexity index is 521. The summed E-state index contributed by atoms with van der Waals surface area (Å²) in [5.74, 6) is 0.549. The molecule has 0 radical (unpaired) electrons. The Kier molecular flexibility index (Phi) is 17.0. The number of nitrogens with zero attached hydrogens (tertiary/aromatic N) is 2. The van der Waals surface area contributed by atoms with E-state index in [1.807, 2.05) is 24.3 Å². The van der Waals surface area contributed by atoms with Crippen molar-refractivity contribution in [3.63, 3.8) is 0 Å². The van der Waals surface area contributed by atoms with E-state index in [9.17, 15) is 0 Å². The van der Waals surface area contributed by atoms with Crippen LogP contribution in [0.2, 0.25) is 5.02 Å². The Morgan fingerprint density at radius 3 is 2.24 bits per heavy atom. The summed E-state index contributed by atoms with van der Waals surface area (Å²) in [4.78, 5) is 8.46. The minimum atomic E-state index is 0. The average molecular weight is 411 g/mol. The van der Waals surface area contributed by atoms with E-state index in [1.54, 1.807) is 0 Å². The number of halogens is 3. The summed E-state index contributed by atoms with van der Waals surface area (Å²) in [5.41, 5.74) is 12.5. The van der Waals surface area contributed by atoms with Crippen LogP contribution in [0.5, 0.6) is 0 Å². The van der Waals surface area contributed by atoms with Gasteiger partial charge in [0.25, 0.3) is 0 Å². The van der Waals surface area contributed by atoms with Crippen LogP contribution in [-0.4, -0.2) is 18.5 Å². The third-order valence-electron chi connectivity index (χ3n) is 3.43. The molecule has 0 unspecified atom stereocenters. The Balaban J connectivity index is 0. The average Bonchev–Trinajstić information content (AvgIpc) is 2.53. The van der Waals surface area contributed by atoms with Gasteiger partial charge in [0.15, 0.2) is 11.9 Å². The molecule has 5 N–H and O–H groups in total. The van der Waals surface area contributed by atoms with E-state index in [-0.39, 0.29) is 30.8 Å². The van der Waals surface area contributed by atoms with Crippen LogP contribution < -0.4 is 16.8 Å². The van der Waals surface area contributed by atoms with Crippen LogP contribution in [0.15, 0.2) is 34.3 Å². The van der Waals surface area contributed by atoms with Gasteiger partial charge in [-0.1, -0.05) is 68.8 Å². The fraction of sp³-hybridized carbons (Fsp3) is 0.529. The van der Waals surface area contributed by atoms with Crippen LogP contribution >= 0.6 is 36.4 Å². The van der Waals surface area contributed by atoms with Gasteiger partial charge in [0.2, 0.25) is 0 Å². The van der Waals surface area contributed by atoms with Crippen LogP contribution in [0.25, 0.3) is 0 Å². The fourth-order valence-corrected chi connectivity index (χ4v) is 2.29. The van der Waals surface area contributed by atoms with Crippen LogP contribution in [0, 0.1) is 0 Å². The number of benzene rings is 1. The smallest absolute Gasteiger partial charge is 0.195 e. The van der Waals surface area contributed by atoms with Gasteiger partial charge in [-0.3, -0.25) is 10.3 Å². The number of unbranched alkanes of at least 4 members (excludes halogenated alkanes) is 5. The summed E-state index contributed by atoms with van der Waals surface area (Å²) in [6.45, 7) is 3.33. The first-order valence-corrected chi connectivity index (χ1v) is 8.61. The van der Waals surface area contributed by atoms with Gasteiger partial charge in [0.05, 0.1) is 6.54 Å². The fourth-order valence-electron chi connectivity index (χ4n) is 2.10. The minimum Gasteiger partial charge on any atom is -0.370 e. The van der Waals surface area contributed by atoms with Crippen molar-refractivity contribution < 1.29 is 0 Å². The number of hydrogen-bond acceptors (Lipinski definition) is 2. The zero-order valence-electron chi connectivity index (χ0n) is 14.7. The Morgan fingerprint density at radius 1 is 0.960 bits per heavy atom. The van der Waals surface area contributed by atoms with Gasteiger partial charge in [0.1, 0.15) is 0 Å². The molecular formula is C17H30Cl3N5. The van der Waals surface area contributed by atoms with E-state index in [1.165, 1.54) is 32.1 Å². The molecule has 5 nitrogen and oxygen atoms in total. The molecule has 0 aromatic heterocycles. The van der Waals surface area contributed by atoms with Crippen molar-refractivity contribution in [2.75, 3.05) is 6.54 Å². The van der Waals surface area contributed by atoms with E-state index in [2.05, 4.69) is 22.2 Å². The summed E-state index contributed by atoms with van der Waals surface area (Å²) in [7, 11) is 0. The molecule has 0 saturated heterocycles. The molecule has 0 saturated carbocycles. The van der Waals surface area contributed by atoms with Gasteiger partial charge < -0.3 is 11.5 Å². The molecule has 0 spiro atoms. The quantitative estimate of drug-likeness (QED) is 0.323. The normalized spacial score (nSPS) is 11.4. The van der Waals surface area contributed by atoms with Crippen molar-refractivity contribution >= 4 is 48.3 Å². The summed E-state index contributed by atoms with van der Waals surface area (Å²) in [6.07, 6.45) is 7.37. The molecule has 1 aromatic carbocycles. The van der Waals surface area contributed by atoms with E-state index in [0.717, 1.165) is 12.0 Å². The van der Waals surface area contributed by atoms with Crippen molar-refractivity contribution in [3.8, 4) is 0 Å². The monoisotopic (exact) mass is 409 g/mol. The van der Waals surface area contributed by atoms with Crippen molar-refractivity contribution in [2.24, 2.45) is 21.5 Å². The molecule has 25 heavy (non-hydrogen) atoms. The van der Waals surface area contributed by atoms with Crippen molar-refractivity contribution in [1.29, 1.82) is 0 Å². The zero-order valence-corrected chi connectivity index (χ0v) is 17.1.